The van der Waals surface area contributed by atoms with Crippen molar-refractivity contribution in [2.75, 3.05) is 12.4 Å². The molecular weight excluding hydrogens is 370 g/mol. The summed E-state index contributed by atoms with van der Waals surface area (Å²) in [5, 5.41) is 14.2. The average molecular weight is 394 g/mol. The van der Waals surface area contributed by atoms with Gasteiger partial charge in [-0.1, -0.05) is 36.4 Å². The van der Waals surface area contributed by atoms with Crippen LogP contribution in [0.25, 0.3) is 0 Å². The Balaban J connectivity index is 1.90. The van der Waals surface area contributed by atoms with E-state index < -0.39 is 11.0 Å². The fourth-order valence-corrected chi connectivity index (χ4v) is 3.37. The third-order valence-corrected chi connectivity index (χ3v) is 4.74. The van der Waals surface area contributed by atoms with Gasteiger partial charge in [0, 0.05) is 11.6 Å². The van der Waals surface area contributed by atoms with E-state index in [-0.39, 0.29) is 17.3 Å². The van der Waals surface area contributed by atoms with Crippen molar-refractivity contribution in [3.63, 3.8) is 0 Å². The van der Waals surface area contributed by atoms with Crippen LogP contribution in [-0.4, -0.2) is 17.9 Å². The maximum atomic E-state index is 13.2. The molecule has 1 unspecified atom stereocenters. The van der Waals surface area contributed by atoms with Crippen LogP contribution >= 0.6 is 0 Å². The van der Waals surface area contributed by atoms with E-state index in [4.69, 9.17) is 4.42 Å². The average Bonchev–Trinajstić information content (AvgIpc) is 3.08. The molecule has 3 aromatic rings. The summed E-state index contributed by atoms with van der Waals surface area (Å²) in [5.74, 6) is 1.27. The molecule has 0 aliphatic rings. The molecule has 0 fully saturated rings. The van der Waals surface area contributed by atoms with Gasteiger partial charge in [-0.25, -0.2) is 0 Å². The quantitative estimate of drug-likeness (QED) is 0.476. The van der Waals surface area contributed by atoms with Crippen molar-refractivity contribution >= 4 is 17.3 Å². The first kappa shape index (κ1) is 20.3. The molecule has 1 amide bonds. The van der Waals surface area contributed by atoms with Crippen molar-refractivity contribution in [1.29, 1.82) is 0 Å². The highest BCUT2D eigenvalue weighted by atomic mass is 16.6. The maximum Gasteiger partial charge on any atom is 0.293 e. The number of carbonyl (C=O) groups excluding carboxylic acids is 1. The van der Waals surface area contributed by atoms with Gasteiger partial charge in [-0.2, -0.15) is 0 Å². The molecule has 2 atom stereocenters. The van der Waals surface area contributed by atoms with Crippen molar-refractivity contribution in [2.45, 2.75) is 26.4 Å². The molecule has 3 rings (SSSR count). The Morgan fingerprint density at radius 3 is 2.48 bits per heavy atom. The second-order valence-electron chi connectivity index (χ2n) is 7.15. The molecule has 0 bridgehead atoms. The Bertz CT molecular complexity index is 1010. The van der Waals surface area contributed by atoms with E-state index in [0.717, 1.165) is 27.5 Å². The monoisotopic (exact) mass is 394 g/mol. The highest BCUT2D eigenvalue weighted by Gasteiger charge is 2.31. The van der Waals surface area contributed by atoms with Crippen molar-refractivity contribution in [1.82, 2.24) is 0 Å². The highest BCUT2D eigenvalue weighted by molar-refractivity contribution is 5.96. The van der Waals surface area contributed by atoms with E-state index in [9.17, 15) is 14.9 Å². The van der Waals surface area contributed by atoms with Gasteiger partial charge < -0.3 is 14.6 Å². The van der Waals surface area contributed by atoms with Crippen molar-refractivity contribution in [3.8, 4) is 0 Å². The third-order valence-electron chi connectivity index (χ3n) is 4.74. The van der Waals surface area contributed by atoms with Crippen molar-refractivity contribution in [3.05, 3.63) is 93.4 Å². The Labute approximate surface area is 169 Å². The number of hydrogen-bond acceptors (Lipinski definition) is 4. The van der Waals surface area contributed by atoms with Crippen LogP contribution in [0.4, 0.5) is 11.4 Å². The number of nitrogens with one attached hydrogen (secondary N) is 2. The van der Waals surface area contributed by atoms with Gasteiger partial charge in [-0.05, 0) is 37.6 Å². The number of amides is 1. The lowest BCUT2D eigenvalue weighted by molar-refractivity contribution is -0.916. The molecule has 2 N–H and O–H groups in total. The summed E-state index contributed by atoms with van der Waals surface area (Å²) in [4.78, 5) is 25.0. The van der Waals surface area contributed by atoms with Gasteiger partial charge >= 0.3 is 0 Å². The number of anilines is 1. The number of benzene rings is 2. The molecule has 0 spiro atoms. The Kier molecular flexibility index (Phi) is 6.09. The molecule has 1 heterocycles. The topological polar surface area (TPSA) is 89.8 Å². The minimum absolute atomic E-state index is 0.121. The maximum absolute atomic E-state index is 13.2. The van der Waals surface area contributed by atoms with Crippen LogP contribution in [0.5, 0.6) is 0 Å². The number of likely N-dealkylation sites (N-methyl/N-ethyl adjacent to an activating group) is 1. The van der Waals surface area contributed by atoms with Crippen LogP contribution in [0, 0.1) is 24.0 Å². The molecule has 0 saturated carbocycles. The smallest absolute Gasteiger partial charge is 0.293 e. The largest absolute Gasteiger partial charge is 0.460 e. The normalized spacial score (nSPS) is 12.9. The van der Waals surface area contributed by atoms with Gasteiger partial charge in [-0.3, -0.25) is 14.9 Å². The number of aryl methyl sites for hydroxylation is 2. The molecule has 7 nitrogen and oxygen atoms in total. The number of quaternary nitrogens is 1. The number of rotatable bonds is 7. The lowest BCUT2D eigenvalue weighted by atomic mass is 10.0. The second kappa shape index (κ2) is 8.70. The van der Waals surface area contributed by atoms with E-state index in [1.165, 1.54) is 6.07 Å². The van der Waals surface area contributed by atoms with Gasteiger partial charge in [0.05, 0.1) is 12.0 Å². The summed E-state index contributed by atoms with van der Waals surface area (Å²) in [6.45, 7) is 4.14. The number of nitrogens with zero attached hydrogens (tertiary/aromatic N) is 1. The standard InChI is InChI=1S/C22H23N3O4/c1-15-9-12-19(20(13-15)25(27)28)23-22(26)21(17-7-5-4-6-8-17)24(3)14-18-11-10-16(2)29-18/h4-13,21H,14H2,1-3H3,(H,23,26)/p+1/t21-/m0/s1. The van der Waals surface area contributed by atoms with Crippen LogP contribution in [0.15, 0.2) is 65.1 Å². The number of furan rings is 1. The zero-order valence-electron chi connectivity index (χ0n) is 16.6. The fraction of sp³-hybridized carbons (Fsp3) is 0.227. The molecular formula is C22H24N3O4+. The molecule has 0 saturated heterocycles. The zero-order chi connectivity index (χ0) is 21.0. The van der Waals surface area contributed by atoms with Gasteiger partial charge in [0.15, 0.2) is 11.8 Å². The summed E-state index contributed by atoms with van der Waals surface area (Å²) >= 11 is 0. The van der Waals surface area contributed by atoms with E-state index in [1.807, 2.05) is 56.4 Å². The predicted molar refractivity (Wildman–Crippen MR) is 110 cm³/mol. The summed E-state index contributed by atoms with van der Waals surface area (Å²) in [7, 11) is 1.90. The zero-order valence-corrected chi connectivity index (χ0v) is 16.6. The van der Waals surface area contributed by atoms with Crippen molar-refractivity contribution in [2.24, 2.45) is 0 Å². The Morgan fingerprint density at radius 2 is 1.86 bits per heavy atom. The Morgan fingerprint density at radius 1 is 1.14 bits per heavy atom. The third kappa shape index (κ3) is 4.89. The minimum Gasteiger partial charge on any atom is -0.460 e. The predicted octanol–water partition coefficient (Wildman–Crippen LogP) is 3.20. The molecule has 150 valence electrons. The second-order valence-corrected chi connectivity index (χ2v) is 7.15. The number of hydrogen-bond donors (Lipinski definition) is 2. The summed E-state index contributed by atoms with van der Waals surface area (Å²) in [6.07, 6.45) is 0. The molecule has 7 heteroatoms. The number of nitro benzene ring substituents is 1. The van der Waals surface area contributed by atoms with E-state index in [1.54, 1.807) is 19.1 Å². The molecule has 1 aromatic heterocycles. The van der Waals surface area contributed by atoms with Gasteiger partial charge in [0.1, 0.15) is 18.0 Å². The summed E-state index contributed by atoms with van der Waals surface area (Å²) in [5.41, 5.74) is 1.64. The minimum atomic E-state index is -0.567. The van der Waals surface area contributed by atoms with Gasteiger partial charge in [-0.15, -0.1) is 0 Å². The first-order valence-electron chi connectivity index (χ1n) is 9.33. The summed E-state index contributed by atoms with van der Waals surface area (Å²) < 4.78 is 5.66. The summed E-state index contributed by atoms with van der Waals surface area (Å²) in [6, 6.07) is 17.4. The van der Waals surface area contributed by atoms with Gasteiger partial charge in [0.25, 0.3) is 11.6 Å². The first-order valence-corrected chi connectivity index (χ1v) is 9.33. The lowest BCUT2D eigenvalue weighted by Gasteiger charge is -2.24. The first-order chi connectivity index (χ1) is 13.8. The molecule has 0 radical (unpaired) electrons. The van der Waals surface area contributed by atoms with E-state index in [2.05, 4.69) is 5.32 Å². The SMILES string of the molecule is Cc1ccc(NC(=O)[C@H](c2ccccc2)[NH+](C)Cc2ccc(C)o2)c([N+](=O)[O-])c1. The molecule has 0 aliphatic carbocycles. The Hall–Kier alpha value is -3.45. The molecule has 29 heavy (non-hydrogen) atoms. The molecule has 0 aliphatic heterocycles. The van der Waals surface area contributed by atoms with Crippen LogP contribution in [0.3, 0.4) is 0 Å². The van der Waals surface area contributed by atoms with Crippen LogP contribution in [0.2, 0.25) is 0 Å². The van der Waals surface area contributed by atoms with Crippen LogP contribution in [0.1, 0.15) is 28.7 Å². The lowest BCUT2D eigenvalue weighted by Crippen LogP contribution is -3.09. The number of carbonyl (C=O) groups is 1. The highest BCUT2D eigenvalue weighted by Crippen LogP contribution is 2.26. The fourth-order valence-electron chi connectivity index (χ4n) is 3.37. The van der Waals surface area contributed by atoms with E-state index >= 15 is 0 Å². The van der Waals surface area contributed by atoms with Crippen LogP contribution < -0.4 is 10.2 Å². The van der Waals surface area contributed by atoms with E-state index in [0.29, 0.717) is 6.54 Å². The number of nitro groups is 1. The van der Waals surface area contributed by atoms with Crippen molar-refractivity contribution < 1.29 is 19.0 Å². The van der Waals surface area contributed by atoms with Crippen LogP contribution in [-0.2, 0) is 11.3 Å². The van der Waals surface area contributed by atoms with Gasteiger partial charge in [0.2, 0.25) is 0 Å². The molecule has 2 aromatic carbocycles.